The molecule has 0 aliphatic carbocycles. The first kappa shape index (κ1) is 12.1. The Kier molecular flexibility index (Phi) is 2.92. The Morgan fingerprint density at radius 2 is 1.81 bits per heavy atom. The van der Waals surface area contributed by atoms with Gasteiger partial charge in [0.15, 0.2) is 0 Å². The number of fused-ring (bicyclic) bond motifs is 1. The number of benzene rings is 2. The van der Waals surface area contributed by atoms with Crippen LogP contribution in [0, 0.1) is 0 Å². The molecule has 0 fully saturated rings. The molecule has 0 saturated heterocycles. The van der Waals surface area contributed by atoms with E-state index in [0.29, 0.717) is 5.92 Å². The molecule has 0 bridgehead atoms. The predicted molar refractivity (Wildman–Crippen MR) is 82.7 cm³/mol. The highest BCUT2D eigenvalue weighted by atomic mass is 15.4. The van der Waals surface area contributed by atoms with E-state index in [9.17, 15) is 0 Å². The molecule has 2 aromatic carbocycles. The predicted octanol–water partition coefficient (Wildman–Crippen LogP) is 3.02. The molecular formula is C17H16N4. The van der Waals surface area contributed by atoms with E-state index in [1.54, 1.807) is 0 Å². The molecule has 4 rings (SSSR count). The zero-order valence-corrected chi connectivity index (χ0v) is 11.6. The summed E-state index contributed by atoms with van der Waals surface area (Å²) in [7, 11) is 0. The normalized spacial score (nSPS) is 17.0. The summed E-state index contributed by atoms with van der Waals surface area (Å²) in [5.74, 6) is 0.384. The second-order valence-corrected chi connectivity index (χ2v) is 5.35. The first-order valence-electron chi connectivity index (χ1n) is 7.19. The molecule has 3 aromatic rings. The second-order valence-electron chi connectivity index (χ2n) is 5.35. The van der Waals surface area contributed by atoms with Crippen LogP contribution in [-0.4, -0.2) is 21.5 Å². The van der Waals surface area contributed by atoms with Crippen molar-refractivity contribution in [2.24, 2.45) is 0 Å². The molecule has 0 radical (unpaired) electrons. The van der Waals surface area contributed by atoms with E-state index >= 15 is 0 Å². The van der Waals surface area contributed by atoms with Gasteiger partial charge in [-0.2, -0.15) is 0 Å². The molecule has 4 heteroatoms. The Labute approximate surface area is 123 Å². The minimum Gasteiger partial charge on any atom is -0.384 e. The van der Waals surface area contributed by atoms with E-state index in [4.69, 9.17) is 0 Å². The van der Waals surface area contributed by atoms with Crippen molar-refractivity contribution in [1.29, 1.82) is 0 Å². The van der Waals surface area contributed by atoms with Gasteiger partial charge in [-0.05, 0) is 30.2 Å². The van der Waals surface area contributed by atoms with Crippen LogP contribution >= 0.6 is 0 Å². The lowest BCUT2D eigenvalue weighted by Gasteiger charge is -2.26. The lowest BCUT2D eigenvalue weighted by atomic mass is 9.91. The highest BCUT2D eigenvalue weighted by Gasteiger charge is 2.23. The van der Waals surface area contributed by atoms with Gasteiger partial charge in [-0.3, -0.25) is 0 Å². The van der Waals surface area contributed by atoms with E-state index in [1.807, 2.05) is 29.1 Å². The van der Waals surface area contributed by atoms with Crippen molar-refractivity contribution >= 4 is 5.69 Å². The number of hydrogen-bond donors (Lipinski definition) is 1. The first-order chi connectivity index (χ1) is 10.4. The van der Waals surface area contributed by atoms with Gasteiger partial charge in [0.2, 0.25) is 0 Å². The maximum Gasteiger partial charge on any atom is 0.0733 e. The van der Waals surface area contributed by atoms with Crippen molar-refractivity contribution in [1.82, 2.24) is 15.0 Å². The Morgan fingerprint density at radius 1 is 1.00 bits per heavy atom. The van der Waals surface area contributed by atoms with Crippen LogP contribution < -0.4 is 5.32 Å². The van der Waals surface area contributed by atoms with E-state index in [-0.39, 0.29) is 0 Å². The highest BCUT2D eigenvalue weighted by molar-refractivity contribution is 5.54. The summed E-state index contributed by atoms with van der Waals surface area (Å²) < 4.78 is 1.94. The van der Waals surface area contributed by atoms with Gasteiger partial charge in [-0.25, -0.2) is 4.68 Å². The Balaban J connectivity index is 1.69. The molecule has 1 aliphatic heterocycles. The third-order valence-electron chi connectivity index (χ3n) is 4.02. The Hall–Kier alpha value is -2.62. The van der Waals surface area contributed by atoms with Gasteiger partial charge in [0.25, 0.3) is 0 Å². The molecule has 4 nitrogen and oxygen atoms in total. The maximum atomic E-state index is 4.26. The fourth-order valence-electron chi connectivity index (χ4n) is 2.94. The Morgan fingerprint density at radius 3 is 2.71 bits per heavy atom. The van der Waals surface area contributed by atoms with Crippen molar-refractivity contribution in [3.63, 3.8) is 0 Å². The Bertz CT molecular complexity index is 748. The van der Waals surface area contributed by atoms with Crippen LogP contribution in [0.15, 0.2) is 60.8 Å². The van der Waals surface area contributed by atoms with Gasteiger partial charge in [0.1, 0.15) is 0 Å². The number of hydrogen-bond acceptors (Lipinski definition) is 3. The van der Waals surface area contributed by atoms with Crippen LogP contribution in [-0.2, 0) is 6.42 Å². The molecule has 1 atom stereocenters. The lowest BCUT2D eigenvalue weighted by Crippen LogP contribution is -2.23. The molecule has 0 spiro atoms. The molecule has 1 aliphatic rings. The van der Waals surface area contributed by atoms with Gasteiger partial charge in [0.05, 0.1) is 17.6 Å². The number of anilines is 1. The number of rotatable bonds is 2. The topological polar surface area (TPSA) is 42.7 Å². The summed E-state index contributed by atoms with van der Waals surface area (Å²) in [6.45, 7) is 0.914. The van der Waals surface area contributed by atoms with Crippen molar-refractivity contribution in [3.05, 3.63) is 72.1 Å². The molecule has 1 N–H and O–H groups in total. The number of aromatic nitrogens is 3. The van der Waals surface area contributed by atoms with Crippen LogP contribution in [0.5, 0.6) is 0 Å². The van der Waals surface area contributed by atoms with Gasteiger partial charge >= 0.3 is 0 Å². The van der Waals surface area contributed by atoms with Crippen LogP contribution in [0.4, 0.5) is 5.69 Å². The van der Waals surface area contributed by atoms with Crippen LogP contribution in [0.3, 0.4) is 0 Å². The minimum absolute atomic E-state index is 0.384. The van der Waals surface area contributed by atoms with Crippen molar-refractivity contribution in [2.45, 2.75) is 12.3 Å². The molecule has 0 amide bonds. The summed E-state index contributed by atoms with van der Waals surface area (Å²) >= 11 is 0. The number of nitrogens with one attached hydrogen (secondary N) is 1. The molecule has 1 aromatic heterocycles. The molecular weight excluding hydrogens is 260 g/mol. The third kappa shape index (κ3) is 2.18. The third-order valence-corrected chi connectivity index (χ3v) is 4.02. The van der Waals surface area contributed by atoms with Crippen molar-refractivity contribution in [2.75, 3.05) is 11.9 Å². The molecule has 1 unspecified atom stereocenters. The SMILES string of the molecule is c1ccc(-n2nncc2C2CNc3ccccc3C2)cc1. The highest BCUT2D eigenvalue weighted by Crippen LogP contribution is 2.30. The standard InChI is InChI=1S/C17H16N4/c1-2-7-15(8-3-1)21-17(12-19-20-21)14-10-13-6-4-5-9-16(13)18-11-14/h1-9,12,14,18H,10-11H2. The van der Waals surface area contributed by atoms with Gasteiger partial charge in [0, 0.05) is 18.2 Å². The van der Waals surface area contributed by atoms with Crippen molar-refractivity contribution < 1.29 is 0 Å². The zero-order valence-electron chi connectivity index (χ0n) is 11.6. The summed E-state index contributed by atoms with van der Waals surface area (Å²) in [5, 5.41) is 11.9. The molecule has 0 saturated carbocycles. The minimum atomic E-state index is 0.384. The number of para-hydroxylation sites is 2. The van der Waals surface area contributed by atoms with Gasteiger partial charge < -0.3 is 5.32 Å². The smallest absolute Gasteiger partial charge is 0.0733 e. The van der Waals surface area contributed by atoms with E-state index in [1.165, 1.54) is 11.3 Å². The van der Waals surface area contributed by atoms with E-state index in [2.05, 4.69) is 52.0 Å². The summed E-state index contributed by atoms with van der Waals surface area (Å²) in [5.41, 5.74) is 4.81. The van der Waals surface area contributed by atoms with Gasteiger partial charge in [-0.1, -0.05) is 41.6 Å². The molecule has 104 valence electrons. The monoisotopic (exact) mass is 276 g/mol. The van der Waals surface area contributed by atoms with Crippen molar-refractivity contribution in [3.8, 4) is 5.69 Å². The first-order valence-corrected chi connectivity index (χ1v) is 7.19. The maximum absolute atomic E-state index is 4.26. The second kappa shape index (κ2) is 5.05. The largest absolute Gasteiger partial charge is 0.384 e. The fourth-order valence-corrected chi connectivity index (χ4v) is 2.94. The lowest BCUT2D eigenvalue weighted by molar-refractivity contribution is 0.635. The molecule has 21 heavy (non-hydrogen) atoms. The van der Waals surface area contributed by atoms with E-state index in [0.717, 1.165) is 24.3 Å². The fraction of sp³-hybridized carbons (Fsp3) is 0.176. The van der Waals surface area contributed by atoms with Crippen LogP contribution in [0.25, 0.3) is 5.69 Å². The molecule has 2 heterocycles. The number of nitrogens with zero attached hydrogens (tertiary/aromatic N) is 3. The quantitative estimate of drug-likeness (QED) is 0.782. The average molecular weight is 276 g/mol. The van der Waals surface area contributed by atoms with E-state index < -0.39 is 0 Å². The summed E-state index contributed by atoms with van der Waals surface area (Å²) in [4.78, 5) is 0. The zero-order chi connectivity index (χ0) is 14.1. The average Bonchev–Trinajstić information content (AvgIpc) is 3.05. The summed E-state index contributed by atoms with van der Waals surface area (Å²) in [6, 6.07) is 18.7. The van der Waals surface area contributed by atoms with Gasteiger partial charge in [-0.15, -0.1) is 5.10 Å². The summed E-state index contributed by atoms with van der Waals surface area (Å²) in [6.07, 6.45) is 2.90. The van der Waals surface area contributed by atoms with Crippen LogP contribution in [0.2, 0.25) is 0 Å². The van der Waals surface area contributed by atoms with Crippen LogP contribution in [0.1, 0.15) is 17.2 Å².